The molecule has 0 aliphatic heterocycles. The van der Waals surface area contributed by atoms with Gasteiger partial charge in [0.25, 0.3) is 0 Å². The number of carbonyl (C=O) groups excluding carboxylic acids is 3. The fourth-order valence-electron chi connectivity index (χ4n) is 13.0. The summed E-state index contributed by atoms with van der Waals surface area (Å²) in [5.74, 6) is 6.62. The first-order valence-corrected chi connectivity index (χ1v) is 44.4. The number of rotatable bonds is 29. The number of benzene rings is 6. The molecule has 12 rings (SSSR count). The fourth-order valence-corrected chi connectivity index (χ4v) is 13.0. The molecule has 0 aliphatic carbocycles. The van der Waals surface area contributed by atoms with Gasteiger partial charge in [0.2, 0.25) is 0 Å². The maximum absolute atomic E-state index is 11.7. The van der Waals surface area contributed by atoms with Crippen LogP contribution in [0.4, 0.5) is 14.4 Å². The van der Waals surface area contributed by atoms with E-state index in [0.29, 0.717) is 54.3 Å². The Morgan fingerprint density at radius 1 is 0.376 bits per heavy atom. The minimum atomic E-state index is -0.515. The molecule has 12 aromatic rings. The molecule has 0 fully saturated rings. The number of amides is 3. The average molecular weight is 1710 g/mol. The molecule has 0 radical (unpaired) electrons. The Labute approximate surface area is 744 Å². The number of furan rings is 4. The maximum atomic E-state index is 11.7. The highest BCUT2D eigenvalue weighted by atomic mass is 16.6. The molecule has 6 aromatic heterocycles. The van der Waals surface area contributed by atoms with Gasteiger partial charge in [-0.05, 0) is 334 Å². The normalized spacial score (nSPS) is 11.4. The number of nitrogens with zero attached hydrogens (tertiary/aromatic N) is 6. The van der Waals surface area contributed by atoms with Gasteiger partial charge in [0.1, 0.15) is 45.5 Å². The van der Waals surface area contributed by atoms with Crippen molar-refractivity contribution in [2.75, 3.05) is 26.2 Å². The van der Waals surface area contributed by atoms with Gasteiger partial charge in [0, 0.05) is 35.3 Å². The van der Waals surface area contributed by atoms with E-state index in [2.05, 4.69) is 236 Å². The molecule has 0 unspecified atom stereocenters. The highest BCUT2D eigenvalue weighted by molar-refractivity contribution is 5.69. The predicted molar refractivity (Wildman–Crippen MR) is 506 cm³/mol. The second kappa shape index (κ2) is 49.8. The van der Waals surface area contributed by atoms with Gasteiger partial charge >= 0.3 is 18.3 Å². The van der Waals surface area contributed by atoms with E-state index in [1.165, 1.54) is 66.8 Å². The SMILES string of the molecule is CC(C)c1cc(CCCN)cc(-c2ccco2)c1.CC(C)c1cc(CCCNC(=O)OC(C)(C)C)cc(-c2ccco2)c1.CC(C)c1ccc(CCCN)c(-c2ccco2)c1.CC(C)c1ccc(CCCNC(=O)OC(C)(C)C)c(-c2ccco2)c1.CC(C)c1cccc(-n2cc(CNC(=O)OC(C)(C)C)nn2)c1.CCc1cn(-c2cccc(C(C)C)c2)nn1. The van der Waals surface area contributed by atoms with Gasteiger partial charge in [-0.15, -0.1) is 10.2 Å². The fraction of sp³-hybridized carbons (Fsp3) is 0.433. The Morgan fingerprint density at radius 3 is 1.08 bits per heavy atom. The molecule has 6 heterocycles. The molecule has 6 aromatic carbocycles. The molecule has 0 aliphatic rings. The summed E-state index contributed by atoms with van der Waals surface area (Å²) in [7, 11) is 0. The van der Waals surface area contributed by atoms with Gasteiger partial charge in [-0.2, -0.15) is 0 Å². The van der Waals surface area contributed by atoms with E-state index in [0.717, 1.165) is 122 Å². The van der Waals surface area contributed by atoms with Crippen LogP contribution in [0.3, 0.4) is 0 Å². The van der Waals surface area contributed by atoms with Crippen LogP contribution in [0.25, 0.3) is 56.7 Å². The molecule has 21 nitrogen and oxygen atoms in total. The Kier molecular flexibility index (Phi) is 40.1. The van der Waals surface area contributed by atoms with Crippen molar-refractivity contribution in [2.24, 2.45) is 11.5 Å². The van der Waals surface area contributed by atoms with Crippen LogP contribution in [0.2, 0.25) is 0 Å². The summed E-state index contributed by atoms with van der Waals surface area (Å²) < 4.78 is 41.4. The maximum Gasteiger partial charge on any atom is 0.407 e. The Bertz CT molecular complexity index is 5130. The second-order valence-electron chi connectivity index (χ2n) is 36.2. The number of aromatic nitrogens is 6. The number of hydrogen-bond donors (Lipinski definition) is 5. The summed E-state index contributed by atoms with van der Waals surface area (Å²) in [5.41, 5.74) is 31.1. The molecule has 125 heavy (non-hydrogen) atoms. The predicted octanol–water partition coefficient (Wildman–Crippen LogP) is 25.3. The molecule has 7 N–H and O–H groups in total. The van der Waals surface area contributed by atoms with E-state index in [1.54, 1.807) is 35.9 Å². The lowest BCUT2D eigenvalue weighted by Gasteiger charge is -2.19. The lowest BCUT2D eigenvalue weighted by molar-refractivity contribution is 0.0513. The average Bonchev–Trinajstić information content (AvgIpc) is 1.64. The molecular formula is C104H141N11O10. The van der Waals surface area contributed by atoms with Gasteiger partial charge < -0.3 is 59.3 Å². The topological polar surface area (TPSA) is 281 Å². The van der Waals surface area contributed by atoms with E-state index in [1.807, 2.05) is 134 Å². The number of nitrogens with one attached hydrogen (secondary N) is 3. The number of carbonyl (C=O) groups is 3. The summed E-state index contributed by atoms with van der Waals surface area (Å²) in [6.45, 7) is 47.9. The van der Waals surface area contributed by atoms with Crippen LogP contribution in [-0.2, 0) is 52.9 Å². The lowest BCUT2D eigenvalue weighted by atomic mass is 9.94. The first-order valence-electron chi connectivity index (χ1n) is 44.4. The first-order chi connectivity index (χ1) is 59.4. The van der Waals surface area contributed by atoms with E-state index < -0.39 is 22.9 Å². The number of hydrogen-bond acceptors (Lipinski definition) is 16. The van der Waals surface area contributed by atoms with Gasteiger partial charge in [-0.25, -0.2) is 23.7 Å². The van der Waals surface area contributed by atoms with Crippen molar-refractivity contribution in [3.05, 3.63) is 274 Å². The minimum Gasteiger partial charge on any atom is -0.464 e. The molecule has 672 valence electrons. The lowest BCUT2D eigenvalue weighted by Crippen LogP contribution is -2.33. The summed E-state index contributed by atoms with van der Waals surface area (Å²) in [6.07, 6.45) is 17.9. The van der Waals surface area contributed by atoms with E-state index in [4.69, 9.17) is 43.3 Å². The Balaban J connectivity index is 0.000000207. The zero-order valence-electron chi connectivity index (χ0n) is 78.4. The van der Waals surface area contributed by atoms with Crippen molar-refractivity contribution in [1.82, 2.24) is 45.9 Å². The Hall–Kier alpha value is -11.6. The first kappa shape index (κ1) is 101. The van der Waals surface area contributed by atoms with Crippen molar-refractivity contribution < 1.29 is 46.3 Å². The molecule has 0 atom stereocenters. The van der Waals surface area contributed by atoms with Gasteiger partial charge in [-0.1, -0.05) is 161 Å². The third kappa shape index (κ3) is 35.5. The summed E-state index contributed by atoms with van der Waals surface area (Å²) in [5, 5.41) is 24.7. The largest absolute Gasteiger partial charge is 0.464 e. The zero-order chi connectivity index (χ0) is 91.4. The molecule has 21 heteroatoms. The van der Waals surface area contributed by atoms with E-state index in [-0.39, 0.29) is 18.7 Å². The van der Waals surface area contributed by atoms with Crippen LogP contribution < -0.4 is 27.4 Å². The summed E-state index contributed by atoms with van der Waals surface area (Å²) in [6, 6.07) is 58.8. The molecule has 3 amide bonds. The van der Waals surface area contributed by atoms with Crippen LogP contribution >= 0.6 is 0 Å². The molecule has 0 spiro atoms. The van der Waals surface area contributed by atoms with Crippen molar-refractivity contribution >= 4 is 18.3 Å². The van der Waals surface area contributed by atoms with Crippen LogP contribution in [0.5, 0.6) is 0 Å². The van der Waals surface area contributed by atoms with Crippen LogP contribution in [0, 0.1) is 0 Å². The number of nitrogens with two attached hydrogens (primary N) is 2. The third-order valence-electron chi connectivity index (χ3n) is 19.9. The van der Waals surface area contributed by atoms with Crippen LogP contribution in [0.15, 0.2) is 225 Å². The van der Waals surface area contributed by atoms with Crippen molar-refractivity contribution in [1.29, 1.82) is 0 Å². The van der Waals surface area contributed by atoms with E-state index in [9.17, 15) is 14.4 Å². The number of aryl methyl sites for hydroxylation is 5. The highest BCUT2D eigenvalue weighted by Crippen LogP contribution is 2.34. The second-order valence-corrected chi connectivity index (χ2v) is 36.2. The summed E-state index contributed by atoms with van der Waals surface area (Å²) >= 11 is 0. The number of ether oxygens (including phenoxy) is 3. The van der Waals surface area contributed by atoms with Gasteiger partial charge in [-0.3, -0.25) is 0 Å². The van der Waals surface area contributed by atoms with Gasteiger partial charge in [0.15, 0.2) is 0 Å². The highest BCUT2D eigenvalue weighted by Gasteiger charge is 2.21. The monoisotopic (exact) mass is 1700 g/mol. The standard InChI is InChI=1S/2C21H29NO3.C17H24N4O2.2C16H21NO.C13H17N3/c1-15(2)17-11-10-16(18(14-17)19-9-7-13-24-19)8-6-12-22-20(23)25-21(3,4)5;1-15(2)17-12-16(13-18(14-17)19-9-7-11-24-19)8-6-10-22-20(23)25-21(3,4)5;1-12(2)13-7-6-8-15(9-13)21-11-14(19-20-21)10-18-16(22)23-17(3,4)5;1-12(2)14-8-7-13(5-3-9-17)15(11-14)16-6-4-10-18-16;1-12(2)14-9-13(5-3-7-17)10-15(11-14)16-6-4-8-18-16;1-4-12-9-16(15-14-12)13-7-5-6-11(8-13)10(2)3/h7,9-11,13-15H,6,8,12H2,1-5H3,(H,22,23);7,9,11-15H,6,8,10H2,1-5H3,(H,22,23);6-9,11-12H,10H2,1-5H3,(H,18,22);4,6-8,10-12H,3,5,9,17H2,1-2H3;4,6,8-12H,3,5,7,17H2,1-2H3;5-10H,4H2,1-3H3. The van der Waals surface area contributed by atoms with Gasteiger partial charge in [0.05, 0.1) is 61.1 Å². The van der Waals surface area contributed by atoms with Crippen molar-refractivity contribution in [3.63, 3.8) is 0 Å². The Morgan fingerprint density at radius 2 is 0.720 bits per heavy atom. The molecule has 0 bridgehead atoms. The van der Waals surface area contributed by atoms with Crippen LogP contribution in [0.1, 0.15) is 281 Å². The molecule has 0 saturated carbocycles. The number of alkyl carbamates (subject to hydrolysis) is 3. The van der Waals surface area contributed by atoms with Crippen molar-refractivity contribution in [2.45, 2.75) is 269 Å². The van der Waals surface area contributed by atoms with Crippen LogP contribution in [-0.4, -0.2) is 91.2 Å². The molecular weight excluding hydrogens is 1560 g/mol. The van der Waals surface area contributed by atoms with E-state index >= 15 is 0 Å². The smallest absolute Gasteiger partial charge is 0.407 e. The summed E-state index contributed by atoms with van der Waals surface area (Å²) in [4.78, 5) is 35.0. The minimum absolute atomic E-state index is 0.277. The third-order valence-corrected chi connectivity index (χ3v) is 19.9. The van der Waals surface area contributed by atoms with Crippen molar-refractivity contribution in [3.8, 4) is 56.7 Å². The quantitative estimate of drug-likeness (QED) is 0.0215. The molecule has 0 saturated heterocycles. The zero-order valence-corrected chi connectivity index (χ0v) is 78.4.